The van der Waals surface area contributed by atoms with Crippen LogP contribution >= 0.6 is 11.6 Å². The zero-order valence-electron chi connectivity index (χ0n) is 9.98. The third-order valence-corrected chi connectivity index (χ3v) is 3.00. The Morgan fingerprint density at radius 1 is 1.22 bits per heavy atom. The van der Waals surface area contributed by atoms with E-state index in [-0.39, 0.29) is 12.4 Å². The molecular formula is C15H13ClO2. The van der Waals surface area contributed by atoms with Crippen LogP contribution in [0, 0.1) is 6.92 Å². The minimum Gasteiger partial charge on any atom is -0.392 e. The number of rotatable bonds is 3. The van der Waals surface area contributed by atoms with Crippen molar-refractivity contribution in [2.75, 3.05) is 0 Å². The first kappa shape index (κ1) is 12.8. The van der Waals surface area contributed by atoms with Crippen LogP contribution in [0.25, 0.3) is 0 Å². The highest BCUT2D eigenvalue weighted by molar-refractivity contribution is 6.31. The van der Waals surface area contributed by atoms with E-state index in [0.29, 0.717) is 21.7 Å². The highest BCUT2D eigenvalue weighted by Gasteiger charge is 2.13. The van der Waals surface area contributed by atoms with Gasteiger partial charge in [-0.2, -0.15) is 0 Å². The fourth-order valence-electron chi connectivity index (χ4n) is 1.84. The van der Waals surface area contributed by atoms with Crippen molar-refractivity contribution in [3.05, 3.63) is 69.7 Å². The maximum Gasteiger partial charge on any atom is 0.193 e. The Morgan fingerprint density at radius 3 is 2.67 bits per heavy atom. The summed E-state index contributed by atoms with van der Waals surface area (Å²) in [6.45, 7) is 1.76. The lowest BCUT2D eigenvalue weighted by Gasteiger charge is -2.07. The predicted molar refractivity (Wildman–Crippen MR) is 72.0 cm³/mol. The number of aryl methyl sites for hydroxylation is 1. The second-order valence-corrected chi connectivity index (χ2v) is 4.59. The molecule has 2 nitrogen and oxygen atoms in total. The first-order valence-electron chi connectivity index (χ1n) is 5.62. The van der Waals surface area contributed by atoms with Gasteiger partial charge in [0.25, 0.3) is 0 Å². The van der Waals surface area contributed by atoms with E-state index in [0.717, 1.165) is 5.56 Å². The molecule has 0 aliphatic rings. The topological polar surface area (TPSA) is 37.3 Å². The van der Waals surface area contributed by atoms with Crippen LogP contribution in [0.1, 0.15) is 27.0 Å². The summed E-state index contributed by atoms with van der Waals surface area (Å²) in [5.74, 6) is -0.120. The van der Waals surface area contributed by atoms with E-state index in [1.807, 2.05) is 25.1 Å². The zero-order valence-corrected chi connectivity index (χ0v) is 10.7. The number of ketones is 1. The van der Waals surface area contributed by atoms with Crippen molar-refractivity contribution in [3.8, 4) is 0 Å². The van der Waals surface area contributed by atoms with Gasteiger partial charge in [-0.15, -0.1) is 0 Å². The van der Waals surface area contributed by atoms with E-state index in [1.165, 1.54) is 0 Å². The van der Waals surface area contributed by atoms with Gasteiger partial charge in [0.1, 0.15) is 0 Å². The molecule has 0 heterocycles. The molecule has 0 radical (unpaired) electrons. The third kappa shape index (κ3) is 2.61. The van der Waals surface area contributed by atoms with Gasteiger partial charge in [0, 0.05) is 16.1 Å². The molecule has 1 N–H and O–H groups in total. The molecule has 92 valence electrons. The van der Waals surface area contributed by atoms with Crippen LogP contribution in [-0.4, -0.2) is 10.9 Å². The van der Waals surface area contributed by atoms with Crippen molar-refractivity contribution < 1.29 is 9.90 Å². The molecule has 0 unspecified atom stereocenters. The van der Waals surface area contributed by atoms with Crippen LogP contribution in [-0.2, 0) is 6.61 Å². The highest BCUT2D eigenvalue weighted by atomic mass is 35.5. The molecule has 0 atom stereocenters. The summed E-state index contributed by atoms with van der Waals surface area (Å²) >= 11 is 5.90. The smallest absolute Gasteiger partial charge is 0.193 e. The molecule has 0 aliphatic carbocycles. The Morgan fingerprint density at radius 2 is 2.00 bits per heavy atom. The van der Waals surface area contributed by atoms with Gasteiger partial charge in [0.15, 0.2) is 5.78 Å². The Kier molecular flexibility index (Phi) is 3.80. The van der Waals surface area contributed by atoms with Crippen molar-refractivity contribution in [2.45, 2.75) is 13.5 Å². The number of hydrogen-bond donors (Lipinski definition) is 1. The predicted octanol–water partition coefficient (Wildman–Crippen LogP) is 3.37. The molecule has 0 spiro atoms. The van der Waals surface area contributed by atoms with Gasteiger partial charge in [-0.1, -0.05) is 41.4 Å². The molecule has 0 aromatic heterocycles. The van der Waals surface area contributed by atoms with E-state index in [4.69, 9.17) is 11.6 Å². The largest absolute Gasteiger partial charge is 0.392 e. The quantitative estimate of drug-likeness (QED) is 0.859. The lowest BCUT2D eigenvalue weighted by atomic mass is 9.98. The number of carbonyl (C=O) groups is 1. The minimum absolute atomic E-state index is 0.120. The summed E-state index contributed by atoms with van der Waals surface area (Å²) in [5, 5.41) is 9.75. The Balaban J connectivity index is 2.48. The van der Waals surface area contributed by atoms with E-state index >= 15 is 0 Å². The first-order chi connectivity index (χ1) is 8.61. The number of aliphatic hydroxyl groups excluding tert-OH is 1. The van der Waals surface area contributed by atoms with Crippen LogP contribution in [0.4, 0.5) is 0 Å². The summed E-state index contributed by atoms with van der Waals surface area (Å²) < 4.78 is 0. The highest BCUT2D eigenvalue weighted by Crippen LogP contribution is 2.20. The van der Waals surface area contributed by atoms with Crippen molar-refractivity contribution in [1.82, 2.24) is 0 Å². The molecule has 18 heavy (non-hydrogen) atoms. The summed E-state index contributed by atoms with van der Waals surface area (Å²) in [4.78, 5) is 12.4. The number of benzene rings is 2. The summed E-state index contributed by atoms with van der Waals surface area (Å²) in [6, 6.07) is 12.3. The van der Waals surface area contributed by atoms with Crippen LogP contribution in [0.15, 0.2) is 42.5 Å². The van der Waals surface area contributed by atoms with Crippen LogP contribution in [0.2, 0.25) is 5.02 Å². The molecule has 0 aliphatic heterocycles. The maximum atomic E-state index is 12.4. The number of aliphatic hydroxyl groups is 1. The van der Waals surface area contributed by atoms with Crippen LogP contribution in [0.3, 0.4) is 0 Å². The van der Waals surface area contributed by atoms with E-state index in [1.54, 1.807) is 24.3 Å². The van der Waals surface area contributed by atoms with Gasteiger partial charge in [-0.25, -0.2) is 0 Å². The molecule has 2 aromatic rings. The van der Waals surface area contributed by atoms with Crippen molar-refractivity contribution >= 4 is 17.4 Å². The zero-order chi connectivity index (χ0) is 13.1. The molecule has 3 heteroatoms. The average Bonchev–Trinajstić information content (AvgIpc) is 2.38. The second kappa shape index (κ2) is 5.34. The summed E-state index contributed by atoms with van der Waals surface area (Å²) in [5.41, 5.74) is 2.67. The summed E-state index contributed by atoms with van der Waals surface area (Å²) in [7, 11) is 0. The molecular weight excluding hydrogens is 248 g/mol. The minimum atomic E-state index is -0.177. The van der Waals surface area contributed by atoms with Gasteiger partial charge >= 0.3 is 0 Å². The molecule has 0 saturated carbocycles. The normalized spacial score (nSPS) is 10.4. The SMILES string of the molecule is Cc1cccc(C(=O)c2cc(Cl)ccc2CO)c1. The Labute approximate surface area is 111 Å². The molecule has 2 aromatic carbocycles. The number of hydrogen-bond acceptors (Lipinski definition) is 2. The Bertz CT molecular complexity index is 591. The van der Waals surface area contributed by atoms with Gasteiger partial charge < -0.3 is 5.11 Å². The van der Waals surface area contributed by atoms with Crippen molar-refractivity contribution in [3.63, 3.8) is 0 Å². The first-order valence-corrected chi connectivity index (χ1v) is 6.00. The second-order valence-electron chi connectivity index (χ2n) is 4.16. The lowest BCUT2D eigenvalue weighted by Crippen LogP contribution is -2.05. The van der Waals surface area contributed by atoms with E-state index < -0.39 is 0 Å². The average molecular weight is 261 g/mol. The molecule has 0 saturated heterocycles. The molecule has 2 rings (SSSR count). The third-order valence-electron chi connectivity index (χ3n) is 2.77. The van der Waals surface area contributed by atoms with Crippen LogP contribution < -0.4 is 0 Å². The number of carbonyl (C=O) groups excluding carboxylic acids is 1. The monoisotopic (exact) mass is 260 g/mol. The van der Waals surface area contributed by atoms with Gasteiger partial charge in [0.05, 0.1) is 6.61 Å². The van der Waals surface area contributed by atoms with Crippen molar-refractivity contribution in [1.29, 1.82) is 0 Å². The fraction of sp³-hybridized carbons (Fsp3) is 0.133. The van der Waals surface area contributed by atoms with E-state index in [9.17, 15) is 9.90 Å². The van der Waals surface area contributed by atoms with Crippen molar-refractivity contribution in [2.24, 2.45) is 0 Å². The summed E-state index contributed by atoms with van der Waals surface area (Å²) in [6.07, 6.45) is 0. The lowest BCUT2D eigenvalue weighted by molar-refractivity contribution is 0.103. The maximum absolute atomic E-state index is 12.4. The van der Waals surface area contributed by atoms with Gasteiger partial charge in [-0.05, 0) is 30.7 Å². The Hall–Kier alpha value is -1.64. The molecule has 0 fully saturated rings. The fourth-order valence-corrected chi connectivity index (χ4v) is 2.01. The standard InChI is InChI=1S/C15H13ClO2/c1-10-3-2-4-11(7-10)15(18)14-8-13(16)6-5-12(14)9-17/h2-8,17H,9H2,1H3. The van der Waals surface area contributed by atoms with E-state index in [2.05, 4.69) is 0 Å². The molecule has 0 amide bonds. The van der Waals surface area contributed by atoms with Crippen LogP contribution in [0.5, 0.6) is 0 Å². The van der Waals surface area contributed by atoms with Gasteiger partial charge in [-0.3, -0.25) is 4.79 Å². The number of halogens is 1. The molecule has 0 bridgehead atoms. The van der Waals surface area contributed by atoms with Gasteiger partial charge in [0.2, 0.25) is 0 Å².